The molecule has 3 aromatic rings. The molecule has 0 bridgehead atoms. The van der Waals surface area contributed by atoms with Gasteiger partial charge in [-0.05, 0) is 19.1 Å². The molecule has 0 unspecified atom stereocenters. The fourth-order valence-electron chi connectivity index (χ4n) is 1.77. The highest BCUT2D eigenvalue weighted by Crippen LogP contribution is 2.13. The lowest BCUT2D eigenvalue weighted by Crippen LogP contribution is -2.06. The third kappa shape index (κ3) is 2.17. The van der Waals surface area contributed by atoms with E-state index in [1.807, 2.05) is 24.3 Å². The molecule has 0 amide bonds. The molecule has 3 rings (SSSR count). The largest absolute Gasteiger partial charge is 0.355 e. The summed E-state index contributed by atoms with van der Waals surface area (Å²) >= 11 is 0. The minimum absolute atomic E-state index is 0.635. The van der Waals surface area contributed by atoms with Crippen LogP contribution in [0, 0.1) is 6.92 Å². The highest BCUT2D eigenvalue weighted by Gasteiger charge is 2.04. The molecule has 92 valence electrons. The zero-order chi connectivity index (χ0) is 12.4. The van der Waals surface area contributed by atoms with Crippen LogP contribution in [0.15, 0.2) is 28.8 Å². The Hall–Kier alpha value is -2.37. The van der Waals surface area contributed by atoms with E-state index >= 15 is 0 Å². The summed E-state index contributed by atoms with van der Waals surface area (Å²) in [4.78, 5) is 11.8. The molecular weight excluding hydrogens is 230 g/mol. The van der Waals surface area contributed by atoms with E-state index in [4.69, 9.17) is 4.52 Å². The molecule has 0 atom stereocenters. The fourth-order valence-corrected chi connectivity index (χ4v) is 1.77. The molecule has 1 aromatic carbocycles. The van der Waals surface area contributed by atoms with Crippen LogP contribution in [0.25, 0.3) is 11.0 Å². The van der Waals surface area contributed by atoms with E-state index in [2.05, 4.69) is 25.4 Å². The summed E-state index contributed by atoms with van der Waals surface area (Å²) in [5.74, 6) is 2.05. The first kappa shape index (κ1) is 10.8. The zero-order valence-electron chi connectivity index (χ0n) is 9.97. The minimum atomic E-state index is 0.635. The Bertz CT molecular complexity index is 624. The molecule has 6 heteroatoms. The second-order valence-electron chi connectivity index (χ2n) is 4.01. The average Bonchev–Trinajstić information content (AvgIpc) is 2.95. The summed E-state index contributed by atoms with van der Waals surface area (Å²) in [5, 5.41) is 6.94. The van der Waals surface area contributed by atoms with Crippen molar-refractivity contribution in [3.8, 4) is 0 Å². The van der Waals surface area contributed by atoms with E-state index in [9.17, 15) is 0 Å². The smallest absolute Gasteiger partial charge is 0.228 e. The molecule has 6 nitrogen and oxygen atoms in total. The molecule has 0 radical (unpaired) electrons. The number of aromatic amines is 1. The van der Waals surface area contributed by atoms with Crippen LogP contribution >= 0.6 is 0 Å². The molecule has 0 aliphatic rings. The lowest BCUT2D eigenvalue weighted by atomic mass is 10.3. The van der Waals surface area contributed by atoms with Crippen molar-refractivity contribution in [1.82, 2.24) is 20.1 Å². The number of fused-ring (bicyclic) bond motifs is 1. The number of imidazole rings is 1. The molecular formula is C12H13N5O. The van der Waals surface area contributed by atoms with Gasteiger partial charge in [-0.15, -0.1) is 0 Å². The molecule has 2 N–H and O–H groups in total. The van der Waals surface area contributed by atoms with Gasteiger partial charge in [-0.25, -0.2) is 4.98 Å². The molecule has 0 spiro atoms. The van der Waals surface area contributed by atoms with Crippen LogP contribution in [0.1, 0.15) is 11.7 Å². The van der Waals surface area contributed by atoms with E-state index in [0.29, 0.717) is 24.7 Å². The maximum absolute atomic E-state index is 5.03. The van der Waals surface area contributed by atoms with Crippen LogP contribution in [0.5, 0.6) is 0 Å². The first-order chi connectivity index (χ1) is 8.81. The van der Waals surface area contributed by atoms with Gasteiger partial charge in [0.2, 0.25) is 11.8 Å². The molecule has 0 saturated heterocycles. The molecule has 18 heavy (non-hydrogen) atoms. The second kappa shape index (κ2) is 4.48. The first-order valence-corrected chi connectivity index (χ1v) is 5.79. The number of benzene rings is 1. The van der Waals surface area contributed by atoms with Crippen molar-refractivity contribution in [2.45, 2.75) is 13.3 Å². The van der Waals surface area contributed by atoms with E-state index < -0.39 is 0 Å². The van der Waals surface area contributed by atoms with Crippen LogP contribution in [-0.2, 0) is 6.42 Å². The summed E-state index contributed by atoms with van der Waals surface area (Å²) in [7, 11) is 0. The number of rotatable bonds is 4. The maximum atomic E-state index is 5.03. The minimum Gasteiger partial charge on any atom is -0.355 e. The summed E-state index contributed by atoms with van der Waals surface area (Å²) in [6.07, 6.45) is 0.678. The number of anilines is 1. The van der Waals surface area contributed by atoms with Gasteiger partial charge in [0, 0.05) is 13.0 Å². The number of hydrogen-bond donors (Lipinski definition) is 2. The topological polar surface area (TPSA) is 79.6 Å². The Labute approximate surface area is 103 Å². The molecule has 0 fully saturated rings. The van der Waals surface area contributed by atoms with Gasteiger partial charge < -0.3 is 14.8 Å². The van der Waals surface area contributed by atoms with Crippen molar-refractivity contribution in [2.75, 3.05) is 11.9 Å². The number of hydrogen-bond acceptors (Lipinski definition) is 5. The molecule has 0 aliphatic heterocycles. The average molecular weight is 243 g/mol. The summed E-state index contributed by atoms with van der Waals surface area (Å²) in [6.45, 7) is 2.50. The number of aryl methyl sites for hydroxylation is 1. The van der Waals surface area contributed by atoms with Crippen molar-refractivity contribution in [3.05, 3.63) is 36.0 Å². The van der Waals surface area contributed by atoms with Crippen LogP contribution < -0.4 is 5.32 Å². The lowest BCUT2D eigenvalue weighted by Gasteiger charge is -1.98. The highest BCUT2D eigenvalue weighted by atomic mass is 16.5. The zero-order valence-corrected chi connectivity index (χ0v) is 9.97. The van der Waals surface area contributed by atoms with Crippen molar-refractivity contribution < 1.29 is 4.52 Å². The Kier molecular flexibility index (Phi) is 2.68. The van der Waals surface area contributed by atoms with Gasteiger partial charge in [0.15, 0.2) is 5.82 Å². The Balaban J connectivity index is 1.62. The predicted molar refractivity (Wildman–Crippen MR) is 67.3 cm³/mol. The van der Waals surface area contributed by atoms with Crippen LogP contribution in [0.2, 0.25) is 0 Å². The standard InChI is InChI=1S/C12H13N5O/c1-8-14-11(18-17-8)6-7-13-12-15-9-4-2-3-5-10(9)16-12/h2-5H,6-7H2,1H3,(H2,13,15,16). The van der Waals surface area contributed by atoms with Crippen LogP contribution in [0.4, 0.5) is 5.95 Å². The van der Waals surface area contributed by atoms with Crippen LogP contribution in [0.3, 0.4) is 0 Å². The molecule has 2 heterocycles. The van der Waals surface area contributed by atoms with E-state index in [0.717, 1.165) is 17.0 Å². The molecule has 2 aromatic heterocycles. The molecule has 0 aliphatic carbocycles. The Morgan fingerprint density at radius 1 is 1.28 bits per heavy atom. The monoisotopic (exact) mass is 243 g/mol. The number of nitrogens with zero attached hydrogens (tertiary/aromatic N) is 3. The number of aromatic nitrogens is 4. The van der Waals surface area contributed by atoms with Gasteiger partial charge in [0.1, 0.15) is 0 Å². The number of para-hydroxylation sites is 2. The third-order valence-corrected chi connectivity index (χ3v) is 2.59. The van der Waals surface area contributed by atoms with Crippen molar-refractivity contribution in [2.24, 2.45) is 0 Å². The Morgan fingerprint density at radius 3 is 2.94 bits per heavy atom. The maximum Gasteiger partial charge on any atom is 0.228 e. The lowest BCUT2D eigenvalue weighted by molar-refractivity contribution is 0.377. The fraction of sp³-hybridized carbons (Fsp3) is 0.250. The van der Waals surface area contributed by atoms with E-state index in [1.54, 1.807) is 6.92 Å². The van der Waals surface area contributed by atoms with Crippen molar-refractivity contribution in [1.29, 1.82) is 0 Å². The summed E-state index contributed by atoms with van der Waals surface area (Å²) in [6, 6.07) is 7.91. The van der Waals surface area contributed by atoms with Crippen molar-refractivity contribution >= 4 is 17.0 Å². The van der Waals surface area contributed by atoms with Gasteiger partial charge in [-0.3, -0.25) is 0 Å². The quantitative estimate of drug-likeness (QED) is 0.731. The predicted octanol–water partition coefficient (Wildman–Crippen LogP) is 1.91. The van der Waals surface area contributed by atoms with Gasteiger partial charge in [-0.2, -0.15) is 4.98 Å². The summed E-state index contributed by atoms with van der Waals surface area (Å²) < 4.78 is 5.03. The van der Waals surface area contributed by atoms with Gasteiger partial charge in [0.25, 0.3) is 0 Å². The normalized spacial score (nSPS) is 10.9. The van der Waals surface area contributed by atoms with Crippen LogP contribution in [-0.4, -0.2) is 26.7 Å². The van der Waals surface area contributed by atoms with Gasteiger partial charge in [0.05, 0.1) is 11.0 Å². The van der Waals surface area contributed by atoms with E-state index in [1.165, 1.54) is 0 Å². The van der Waals surface area contributed by atoms with E-state index in [-0.39, 0.29) is 0 Å². The van der Waals surface area contributed by atoms with Crippen molar-refractivity contribution in [3.63, 3.8) is 0 Å². The summed E-state index contributed by atoms with van der Waals surface area (Å²) in [5.41, 5.74) is 1.97. The van der Waals surface area contributed by atoms with Gasteiger partial charge in [-0.1, -0.05) is 17.3 Å². The van der Waals surface area contributed by atoms with Gasteiger partial charge >= 0.3 is 0 Å². The highest BCUT2D eigenvalue weighted by molar-refractivity contribution is 5.77. The number of H-pyrrole nitrogens is 1. The second-order valence-corrected chi connectivity index (χ2v) is 4.01. The third-order valence-electron chi connectivity index (χ3n) is 2.59. The Morgan fingerprint density at radius 2 is 2.17 bits per heavy atom. The molecule has 0 saturated carbocycles. The SMILES string of the molecule is Cc1noc(CCNc2nc3ccccc3[nH]2)n1. The number of nitrogens with one attached hydrogen (secondary N) is 2. The first-order valence-electron chi connectivity index (χ1n) is 5.79.